The lowest BCUT2D eigenvalue weighted by Gasteiger charge is -2.09. The highest BCUT2D eigenvalue weighted by atomic mass is 16.5. The maximum Gasteiger partial charge on any atom is 0.339 e. The molecule has 29 heavy (non-hydrogen) atoms. The van der Waals surface area contributed by atoms with Crippen molar-refractivity contribution in [3.63, 3.8) is 0 Å². The van der Waals surface area contributed by atoms with Gasteiger partial charge in [-0.25, -0.2) is 4.79 Å². The molecule has 1 amide bonds. The van der Waals surface area contributed by atoms with Crippen molar-refractivity contribution in [2.45, 2.75) is 39.5 Å². The summed E-state index contributed by atoms with van der Waals surface area (Å²) in [6, 6.07) is 15.5. The number of hydrogen-bond acceptors (Lipinski definition) is 4. The monoisotopic (exact) mass is 393 g/mol. The van der Waals surface area contributed by atoms with Gasteiger partial charge < -0.3 is 14.5 Å². The molecule has 3 rings (SSSR count). The number of rotatable bonds is 9. The van der Waals surface area contributed by atoms with Gasteiger partial charge in [-0.05, 0) is 62.4 Å². The molecule has 0 spiro atoms. The molecule has 0 unspecified atom stereocenters. The third-order valence-corrected chi connectivity index (χ3v) is 4.95. The van der Waals surface area contributed by atoms with E-state index in [1.165, 1.54) is 0 Å². The van der Waals surface area contributed by atoms with Gasteiger partial charge in [0.1, 0.15) is 11.3 Å². The molecule has 0 fully saturated rings. The number of para-hydroxylation sites is 1. The number of hydrogen-bond donors (Lipinski definition) is 1. The number of unbranched alkanes of at least 4 members (excludes halogenated alkanes) is 1. The van der Waals surface area contributed by atoms with E-state index in [9.17, 15) is 9.59 Å². The van der Waals surface area contributed by atoms with Crippen LogP contribution >= 0.6 is 0 Å². The highest BCUT2D eigenvalue weighted by molar-refractivity contribution is 5.82. The normalized spacial score (nSPS) is 10.8. The molecule has 1 N–H and O–H groups in total. The van der Waals surface area contributed by atoms with Crippen LogP contribution in [0.3, 0.4) is 0 Å². The van der Waals surface area contributed by atoms with Gasteiger partial charge in [-0.2, -0.15) is 0 Å². The summed E-state index contributed by atoms with van der Waals surface area (Å²) in [7, 11) is 0. The zero-order chi connectivity index (χ0) is 20.6. The van der Waals surface area contributed by atoms with Gasteiger partial charge in [0, 0.05) is 23.9 Å². The Labute approximate surface area is 170 Å². The van der Waals surface area contributed by atoms with E-state index < -0.39 is 0 Å². The summed E-state index contributed by atoms with van der Waals surface area (Å²) in [4.78, 5) is 24.4. The number of aryl methyl sites for hydroxylation is 2. The Morgan fingerprint density at radius 2 is 1.86 bits per heavy atom. The van der Waals surface area contributed by atoms with Crippen LogP contribution in [0.15, 0.2) is 57.7 Å². The van der Waals surface area contributed by atoms with Gasteiger partial charge in [0.05, 0.1) is 6.61 Å². The van der Waals surface area contributed by atoms with Crippen molar-refractivity contribution in [1.82, 2.24) is 5.32 Å². The largest absolute Gasteiger partial charge is 0.494 e. The molecule has 0 radical (unpaired) electrons. The molecule has 2 aromatic carbocycles. The van der Waals surface area contributed by atoms with Crippen molar-refractivity contribution >= 4 is 16.9 Å². The van der Waals surface area contributed by atoms with Crippen LogP contribution in [-0.2, 0) is 11.2 Å². The Morgan fingerprint density at radius 1 is 1.07 bits per heavy atom. The number of carbonyl (C=O) groups is 1. The van der Waals surface area contributed by atoms with Crippen molar-refractivity contribution in [3.8, 4) is 5.75 Å². The van der Waals surface area contributed by atoms with Crippen molar-refractivity contribution in [2.75, 3.05) is 13.2 Å². The zero-order valence-corrected chi connectivity index (χ0v) is 17.0. The number of benzene rings is 2. The fourth-order valence-electron chi connectivity index (χ4n) is 3.28. The van der Waals surface area contributed by atoms with Crippen molar-refractivity contribution in [3.05, 3.63) is 75.6 Å². The number of ether oxygens (including phenoxy) is 1. The highest BCUT2D eigenvalue weighted by Gasteiger charge is 2.13. The second-order valence-corrected chi connectivity index (χ2v) is 7.21. The molecule has 3 aromatic rings. The van der Waals surface area contributed by atoms with Crippen LogP contribution in [-0.4, -0.2) is 19.1 Å². The summed E-state index contributed by atoms with van der Waals surface area (Å²) < 4.78 is 11.1. The standard InChI is InChI=1S/C24H27NO4/c1-17-10-11-20-18(2)21(24(27)29-22(20)16-17)12-13-23(26)25-14-6-7-15-28-19-8-4-3-5-9-19/h3-5,8-11,16H,6-7,12-15H2,1-2H3,(H,25,26). The van der Waals surface area contributed by atoms with Crippen LogP contribution < -0.4 is 15.7 Å². The maximum atomic E-state index is 12.3. The minimum Gasteiger partial charge on any atom is -0.494 e. The topological polar surface area (TPSA) is 68.5 Å². The van der Waals surface area contributed by atoms with Crippen LogP contribution in [0.25, 0.3) is 11.0 Å². The fraction of sp³-hybridized carbons (Fsp3) is 0.333. The van der Waals surface area contributed by atoms with Crippen LogP contribution in [0, 0.1) is 13.8 Å². The molecule has 0 saturated heterocycles. The molecular formula is C24H27NO4. The smallest absolute Gasteiger partial charge is 0.339 e. The molecule has 5 nitrogen and oxygen atoms in total. The van der Waals surface area contributed by atoms with E-state index in [2.05, 4.69) is 5.32 Å². The second-order valence-electron chi connectivity index (χ2n) is 7.21. The van der Waals surface area contributed by atoms with Crippen molar-refractivity contribution in [1.29, 1.82) is 0 Å². The molecule has 0 aliphatic rings. The number of carbonyl (C=O) groups excluding carboxylic acids is 1. The Morgan fingerprint density at radius 3 is 2.66 bits per heavy atom. The Bertz CT molecular complexity index is 1020. The highest BCUT2D eigenvalue weighted by Crippen LogP contribution is 2.21. The first-order valence-corrected chi connectivity index (χ1v) is 10.0. The molecule has 5 heteroatoms. The van der Waals surface area contributed by atoms with Crippen LogP contribution in [0.5, 0.6) is 5.75 Å². The van der Waals surface area contributed by atoms with E-state index in [-0.39, 0.29) is 18.0 Å². The average Bonchev–Trinajstić information content (AvgIpc) is 2.71. The van der Waals surface area contributed by atoms with Gasteiger partial charge in [-0.3, -0.25) is 4.79 Å². The molecule has 0 atom stereocenters. The van der Waals surface area contributed by atoms with Crippen molar-refractivity contribution < 1.29 is 13.9 Å². The molecule has 0 aliphatic carbocycles. The van der Waals surface area contributed by atoms with E-state index in [0.717, 1.165) is 35.1 Å². The Hall–Kier alpha value is -3.08. The lowest BCUT2D eigenvalue weighted by molar-refractivity contribution is -0.121. The predicted octanol–water partition coefficient (Wildman–Crippen LogP) is 4.32. The van der Waals surface area contributed by atoms with E-state index in [0.29, 0.717) is 30.7 Å². The minimum absolute atomic E-state index is 0.0585. The molecular weight excluding hydrogens is 366 g/mol. The average molecular weight is 393 g/mol. The van der Waals surface area contributed by atoms with Crippen LogP contribution in [0.2, 0.25) is 0 Å². The lowest BCUT2D eigenvalue weighted by atomic mass is 10.0. The summed E-state index contributed by atoms with van der Waals surface area (Å²) in [6.07, 6.45) is 2.35. The number of fused-ring (bicyclic) bond motifs is 1. The molecule has 0 aliphatic heterocycles. The first kappa shape index (κ1) is 20.6. The van der Waals surface area contributed by atoms with E-state index >= 15 is 0 Å². The Kier molecular flexibility index (Phi) is 7.06. The summed E-state index contributed by atoms with van der Waals surface area (Å²) in [5.41, 5.74) is 2.75. The third kappa shape index (κ3) is 5.70. The SMILES string of the molecule is Cc1ccc2c(C)c(CCC(=O)NCCCCOc3ccccc3)c(=O)oc2c1. The maximum absolute atomic E-state index is 12.3. The van der Waals surface area contributed by atoms with Gasteiger partial charge in [0.15, 0.2) is 0 Å². The molecule has 152 valence electrons. The summed E-state index contributed by atoms with van der Waals surface area (Å²) >= 11 is 0. The molecule has 0 saturated carbocycles. The van der Waals surface area contributed by atoms with Gasteiger partial charge in [0.25, 0.3) is 0 Å². The molecule has 0 bridgehead atoms. The summed E-state index contributed by atoms with van der Waals surface area (Å²) in [5.74, 6) is 0.799. The first-order valence-electron chi connectivity index (χ1n) is 10.0. The van der Waals surface area contributed by atoms with Crippen LogP contribution in [0.4, 0.5) is 0 Å². The van der Waals surface area contributed by atoms with E-state index in [4.69, 9.17) is 9.15 Å². The van der Waals surface area contributed by atoms with Gasteiger partial charge in [0.2, 0.25) is 5.91 Å². The first-order chi connectivity index (χ1) is 14.0. The fourth-order valence-corrected chi connectivity index (χ4v) is 3.28. The predicted molar refractivity (Wildman–Crippen MR) is 114 cm³/mol. The summed E-state index contributed by atoms with van der Waals surface area (Å²) in [6.45, 7) is 5.09. The minimum atomic E-state index is -0.355. The number of nitrogens with one attached hydrogen (secondary N) is 1. The third-order valence-electron chi connectivity index (χ3n) is 4.95. The number of amides is 1. The zero-order valence-electron chi connectivity index (χ0n) is 17.0. The van der Waals surface area contributed by atoms with E-state index in [1.54, 1.807) is 0 Å². The van der Waals surface area contributed by atoms with Gasteiger partial charge >= 0.3 is 5.63 Å². The summed E-state index contributed by atoms with van der Waals surface area (Å²) in [5, 5.41) is 3.83. The van der Waals surface area contributed by atoms with Gasteiger partial charge in [-0.1, -0.05) is 30.3 Å². The van der Waals surface area contributed by atoms with Gasteiger partial charge in [-0.15, -0.1) is 0 Å². The van der Waals surface area contributed by atoms with Crippen LogP contribution in [0.1, 0.15) is 36.0 Å². The van der Waals surface area contributed by atoms with E-state index in [1.807, 2.05) is 62.4 Å². The molecule has 1 aromatic heterocycles. The lowest BCUT2D eigenvalue weighted by Crippen LogP contribution is -2.25. The second kappa shape index (κ2) is 9.92. The van der Waals surface area contributed by atoms with Crippen molar-refractivity contribution in [2.24, 2.45) is 0 Å². The molecule has 1 heterocycles. The quantitative estimate of drug-likeness (QED) is 0.434. The Balaban J connectivity index is 1.42.